The number of rotatable bonds is 3. The molecule has 0 aliphatic rings. The smallest absolute Gasteiger partial charge is 0.352 e. The van der Waals surface area contributed by atoms with Crippen LogP contribution in [0.1, 0.15) is 16.6 Å². The first-order valence-electron chi connectivity index (χ1n) is 7.83. The number of aromatic hydroxyl groups is 1. The molecule has 25 heavy (non-hydrogen) atoms. The van der Waals surface area contributed by atoms with Crippen molar-refractivity contribution in [2.45, 2.75) is 6.92 Å². The highest BCUT2D eigenvalue weighted by Crippen LogP contribution is 2.45. The summed E-state index contributed by atoms with van der Waals surface area (Å²) >= 11 is 1.11. The fourth-order valence-corrected chi connectivity index (χ4v) is 4.00. The number of benzene rings is 2. The van der Waals surface area contributed by atoms with Gasteiger partial charge in [0.2, 0.25) is 0 Å². The molecule has 0 saturated carbocycles. The van der Waals surface area contributed by atoms with Crippen LogP contribution < -0.4 is 4.74 Å². The van der Waals surface area contributed by atoms with E-state index in [0.29, 0.717) is 16.0 Å². The molecule has 0 spiro atoms. The maximum atomic E-state index is 12.1. The third-order valence-electron chi connectivity index (χ3n) is 4.12. The molecule has 0 aliphatic carbocycles. The number of fused-ring (bicyclic) bond motifs is 4. The first kappa shape index (κ1) is 15.7. The number of pyridine rings is 1. The van der Waals surface area contributed by atoms with Crippen LogP contribution in [-0.2, 0) is 4.74 Å². The number of aromatic nitrogens is 1. The predicted molar refractivity (Wildman–Crippen MR) is 98.8 cm³/mol. The minimum Gasteiger partial charge on any atom is -0.505 e. The van der Waals surface area contributed by atoms with Crippen LogP contribution in [0.15, 0.2) is 36.4 Å². The van der Waals surface area contributed by atoms with Crippen molar-refractivity contribution in [3.8, 4) is 11.5 Å². The van der Waals surface area contributed by atoms with Crippen molar-refractivity contribution in [1.82, 2.24) is 4.98 Å². The summed E-state index contributed by atoms with van der Waals surface area (Å²) in [5.74, 6) is -0.188. The van der Waals surface area contributed by atoms with Gasteiger partial charge in [0, 0.05) is 10.8 Å². The van der Waals surface area contributed by atoms with E-state index in [1.54, 1.807) is 14.0 Å². The zero-order chi connectivity index (χ0) is 17.6. The molecule has 126 valence electrons. The second kappa shape index (κ2) is 5.89. The van der Waals surface area contributed by atoms with E-state index in [4.69, 9.17) is 14.5 Å². The van der Waals surface area contributed by atoms with Crippen molar-refractivity contribution < 1.29 is 19.4 Å². The van der Waals surface area contributed by atoms with E-state index < -0.39 is 5.97 Å². The lowest BCUT2D eigenvalue weighted by molar-refractivity contribution is 0.0529. The lowest BCUT2D eigenvalue weighted by Gasteiger charge is -2.09. The Kier molecular flexibility index (Phi) is 3.69. The monoisotopic (exact) mass is 353 g/mol. The van der Waals surface area contributed by atoms with E-state index in [1.807, 2.05) is 36.4 Å². The van der Waals surface area contributed by atoms with Crippen LogP contribution in [0.2, 0.25) is 0 Å². The Labute approximate surface area is 147 Å². The van der Waals surface area contributed by atoms with Crippen LogP contribution in [0.5, 0.6) is 11.5 Å². The number of nitrogens with zero attached hydrogens (tertiary/aromatic N) is 1. The minimum atomic E-state index is -0.557. The maximum absolute atomic E-state index is 12.1. The Morgan fingerprint density at radius 3 is 2.76 bits per heavy atom. The van der Waals surface area contributed by atoms with E-state index in [2.05, 4.69) is 0 Å². The zero-order valence-electron chi connectivity index (χ0n) is 13.7. The van der Waals surface area contributed by atoms with E-state index in [0.717, 1.165) is 33.0 Å². The second-order valence-corrected chi connectivity index (χ2v) is 6.51. The number of carbonyl (C=O) groups excluding carboxylic acids is 1. The van der Waals surface area contributed by atoms with Crippen molar-refractivity contribution in [2.24, 2.45) is 0 Å². The van der Waals surface area contributed by atoms with Crippen molar-refractivity contribution >= 4 is 49.2 Å². The minimum absolute atomic E-state index is 0.141. The molecular formula is C19H15NO4S. The highest BCUT2D eigenvalue weighted by molar-refractivity contribution is 7.21. The molecule has 0 atom stereocenters. The van der Waals surface area contributed by atoms with Crippen molar-refractivity contribution in [3.63, 3.8) is 0 Å². The molecule has 0 radical (unpaired) electrons. The Bertz CT molecular complexity index is 1130. The van der Waals surface area contributed by atoms with Crippen LogP contribution in [-0.4, -0.2) is 29.8 Å². The fourth-order valence-electron chi connectivity index (χ4n) is 3.04. The lowest BCUT2D eigenvalue weighted by atomic mass is 10.0. The average molecular weight is 353 g/mol. The molecule has 0 unspecified atom stereocenters. The van der Waals surface area contributed by atoms with Gasteiger partial charge >= 0.3 is 5.97 Å². The molecule has 0 bridgehead atoms. The van der Waals surface area contributed by atoms with Crippen LogP contribution in [0.25, 0.3) is 31.9 Å². The van der Waals surface area contributed by atoms with Gasteiger partial charge in [-0.2, -0.15) is 0 Å². The Morgan fingerprint density at radius 1 is 1.20 bits per heavy atom. The molecule has 2 aromatic carbocycles. The van der Waals surface area contributed by atoms with Crippen molar-refractivity contribution in [3.05, 3.63) is 41.3 Å². The number of hydrogen-bond acceptors (Lipinski definition) is 6. The van der Waals surface area contributed by atoms with Gasteiger partial charge in [-0.25, -0.2) is 9.78 Å². The summed E-state index contributed by atoms with van der Waals surface area (Å²) in [5, 5.41) is 13.8. The third-order valence-corrected chi connectivity index (χ3v) is 5.17. The topological polar surface area (TPSA) is 68.7 Å². The summed E-state index contributed by atoms with van der Waals surface area (Å²) in [7, 11) is 1.55. The molecule has 2 heterocycles. The van der Waals surface area contributed by atoms with Crippen LogP contribution in [0, 0.1) is 0 Å². The third kappa shape index (κ3) is 2.29. The Morgan fingerprint density at radius 2 is 2.00 bits per heavy atom. The molecule has 1 N–H and O–H groups in total. The number of hydrogen-bond donors (Lipinski definition) is 1. The molecule has 0 aliphatic heterocycles. The molecule has 4 rings (SSSR count). The first-order valence-corrected chi connectivity index (χ1v) is 8.65. The summed E-state index contributed by atoms with van der Waals surface area (Å²) in [6.07, 6.45) is 0. The van der Waals surface area contributed by atoms with E-state index >= 15 is 0 Å². The van der Waals surface area contributed by atoms with E-state index in [9.17, 15) is 9.90 Å². The summed E-state index contributed by atoms with van der Waals surface area (Å²) in [5.41, 5.74) is 0.777. The summed E-state index contributed by atoms with van der Waals surface area (Å²) in [6.45, 7) is 1.96. The highest BCUT2D eigenvalue weighted by atomic mass is 32.1. The molecule has 2 aromatic heterocycles. The summed E-state index contributed by atoms with van der Waals surface area (Å²) in [4.78, 5) is 17.5. The number of esters is 1. The Balaban J connectivity index is 2.13. The van der Waals surface area contributed by atoms with Gasteiger partial charge in [-0.15, -0.1) is 11.3 Å². The number of thiophene rings is 1. The summed E-state index contributed by atoms with van der Waals surface area (Å²) in [6, 6.07) is 11.8. The number of ether oxygens (including phenoxy) is 2. The largest absolute Gasteiger partial charge is 0.505 e. The molecule has 0 amide bonds. The SMILES string of the molecule is CCOC(=O)c1sc2nc3c(ccc4ccccc43)c(OC)c2c1O. The van der Waals surface area contributed by atoms with Gasteiger partial charge < -0.3 is 14.6 Å². The van der Waals surface area contributed by atoms with Crippen molar-refractivity contribution in [1.29, 1.82) is 0 Å². The first-order chi connectivity index (χ1) is 12.2. The van der Waals surface area contributed by atoms with Gasteiger partial charge in [-0.1, -0.05) is 30.3 Å². The maximum Gasteiger partial charge on any atom is 0.352 e. The molecule has 0 fully saturated rings. The second-order valence-electron chi connectivity index (χ2n) is 5.51. The zero-order valence-corrected chi connectivity index (χ0v) is 14.5. The number of carbonyl (C=O) groups is 1. The van der Waals surface area contributed by atoms with E-state index in [1.165, 1.54) is 0 Å². The van der Waals surface area contributed by atoms with Gasteiger partial charge in [0.25, 0.3) is 0 Å². The molecular weight excluding hydrogens is 338 g/mol. The van der Waals surface area contributed by atoms with Crippen LogP contribution in [0.3, 0.4) is 0 Å². The predicted octanol–water partition coefficient (Wildman–Crippen LogP) is 4.49. The molecule has 4 aromatic rings. The lowest BCUT2D eigenvalue weighted by Crippen LogP contribution is -2.02. The van der Waals surface area contributed by atoms with Gasteiger partial charge in [0.05, 0.1) is 24.6 Å². The quantitative estimate of drug-likeness (QED) is 0.434. The standard InChI is InChI=1S/C19H15NO4S/c1-3-24-19(22)17-15(21)13-16(23-2)12-9-8-10-6-4-5-7-11(10)14(12)20-18(13)25-17/h4-9,21H,3H2,1-2H3. The average Bonchev–Trinajstić information content (AvgIpc) is 2.96. The normalized spacial score (nSPS) is 11.3. The summed E-state index contributed by atoms with van der Waals surface area (Å²) < 4.78 is 10.6. The molecule has 5 nitrogen and oxygen atoms in total. The molecule has 0 saturated heterocycles. The highest BCUT2D eigenvalue weighted by Gasteiger charge is 2.24. The van der Waals surface area contributed by atoms with Gasteiger partial charge in [-0.3, -0.25) is 0 Å². The van der Waals surface area contributed by atoms with Crippen LogP contribution in [0.4, 0.5) is 0 Å². The van der Waals surface area contributed by atoms with Crippen molar-refractivity contribution in [2.75, 3.05) is 13.7 Å². The van der Waals surface area contributed by atoms with E-state index in [-0.39, 0.29) is 17.2 Å². The fraction of sp³-hybridized carbons (Fsp3) is 0.158. The van der Waals surface area contributed by atoms with Gasteiger partial charge in [-0.05, 0) is 18.4 Å². The van der Waals surface area contributed by atoms with Crippen LogP contribution >= 0.6 is 11.3 Å². The Hall–Kier alpha value is -2.86. The van der Waals surface area contributed by atoms with Gasteiger partial charge in [0.15, 0.2) is 10.6 Å². The number of methoxy groups -OCH3 is 1. The van der Waals surface area contributed by atoms with Gasteiger partial charge in [0.1, 0.15) is 10.6 Å². The molecule has 6 heteroatoms.